The number of likely N-dealkylation sites (tertiary alicyclic amines) is 2. The molecule has 1 N–H and O–H groups in total. The van der Waals surface area contributed by atoms with Gasteiger partial charge in [0.25, 0.3) is 0 Å². The van der Waals surface area contributed by atoms with Crippen LogP contribution in [0.5, 0.6) is 0 Å². The summed E-state index contributed by atoms with van der Waals surface area (Å²) in [5.74, 6) is 2.27. The van der Waals surface area contributed by atoms with Gasteiger partial charge in [-0.2, -0.15) is 5.10 Å². The highest BCUT2D eigenvalue weighted by Gasteiger charge is 2.27. The molecular weight excluding hydrogens is 439 g/mol. The predicted molar refractivity (Wildman–Crippen MR) is 118 cm³/mol. The highest BCUT2D eigenvalue weighted by Crippen LogP contribution is 2.26. The first-order valence-electron chi connectivity index (χ1n) is 9.82. The lowest BCUT2D eigenvalue weighted by Crippen LogP contribution is -2.43. The van der Waals surface area contributed by atoms with E-state index in [9.17, 15) is 0 Å². The van der Waals surface area contributed by atoms with Crippen molar-refractivity contribution >= 4 is 29.9 Å². The smallest absolute Gasteiger partial charge is 0.193 e. The summed E-state index contributed by atoms with van der Waals surface area (Å²) in [4.78, 5) is 9.53. The van der Waals surface area contributed by atoms with E-state index in [4.69, 9.17) is 0 Å². The maximum atomic E-state index is 4.52. The van der Waals surface area contributed by atoms with E-state index in [1.54, 1.807) is 0 Å². The Morgan fingerprint density at radius 1 is 1.31 bits per heavy atom. The lowest BCUT2D eigenvalue weighted by molar-refractivity contribution is 0.200. The molecule has 2 saturated heterocycles. The third-order valence-electron chi connectivity index (χ3n) is 5.52. The summed E-state index contributed by atoms with van der Waals surface area (Å²) in [7, 11) is 3.88. The predicted octanol–water partition coefficient (Wildman–Crippen LogP) is 2.52. The first kappa shape index (κ1) is 21.5. The standard InChI is InChI=1S/C19H34N6.HI/c1-16(13-24-8-5-4-6-9-24)11-21-19(20-2)25-10-7-17(15-25)18-12-22-23(3)14-18;/h12,14,16-17H,4-11,13,15H2,1-3H3,(H,20,21);1H. The van der Waals surface area contributed by atoms with Crippen LogP contribution in [0.3, 0.4) is 0 Å². The molecular formula is C19H35IN6. The minimum absolute atomic E-state index is 0. The number of aliphatic imine (C=N–C) groups is 1. The van der Waals surface area contributed by atoms with Crippen molar-refractivity contribution in [3.8, 4) is 0 Å². The van der Waals surface area contributed by atoms with Gasteiger partial charge in [0.1, 0.15) is 0 Å². The van der Waals surface area contributed by atoms with E-state index < -0.39 is 0 Å². The number of nitrogens with one attached hydrogen (secondary N) is 1. The number of aromatic nitrogens is 2. The molecule has 3 rings (SSSR count). The van der Waals surface area contributed by atoms with Crippen molar-refractivity contribution in [2.24, 2.45) is 18.0 Å². The van der Waals surface area contributed by atoms with Crippen LogP contribution in [0.1, 0.15) is 44.1 Å². The molecule has 2 fully saturated rings. The van der Waals surface area contributed by atoms with E-state index in [2.05, 4.69) is 38.3 Å². The summed E-state index contributed by atoms with van der Waals surface area (Å²) in [5, 5.41) is 7.92. The van der Waals surface area contributed by atoms with Gasteiger partial charge in [-0.3, -0.25) is 9.67 Å². The largest absolute Gasteiger partial charge is 0.356 e. The summed E-state index contributed by atoms with van der Waals surface area (Å²) in [6.07, 6.45) is 9.46. The molecule has 26 heavy (non-hydrogen) atoms. The van der Waals surface area contributed by atoms with Gasteiger partial charge in [-0.15, -0.1) is 24.0 Å². The molecule has 0 aromatic carbocycles. The van der Waals surface area contributed by atoms with Gasteiger partial charge in [0.05, 0.1) is 6.20 Å². The number of guanidine groups is 1. The Morgan fingerprint density at radius 3 is 2.73 bits per heavy atom. The number of hydrogen-bond donors (Lipinski definition) is 1. The molecule has 2 unspecified atom stereocenters. The molecule has 0 bridgehead atoms. The second-order valence-corrected chi connectivity index (χ2v) is 7.77. The zero-order valence-corrected chi connectivity index (χ0v) is 18.9. The van der Waals surface area contributed by atoms with Crippen molar-refractivity contribution in [2.45, 2.75) is 38.5 Å². The average molecular weight is 474 g/mol. The van der Waals surface area contributed by atoms with Crippen LogP contribution in [0.15, 0.2) is 17.4 Å². The summed E-state index contributed by atoms with van der Waals surface area (Å²) >= 11 is 0. The van der Waals surface area contributed by atoms with Crippen LogP contribution in [0.4, 0.5) is 0 Å². The fraction of sp³-hybridized carbons (Fsp3) is 0.789. The molecule has 7 heteroatoms. The molecule has 0 saturated carbocycles. The van der Waals surface area contributed by atoms with E-state index in [1.165, 1.54) is 50.9 Å². The molecule has 6 nitrogen and oxygen atoms in total. The molecule has 2 aliphatic heterocycles. The van der Waals surface area contributed by atoms with E-state index in [0.29, 0.717) is 11.8 Å². The maximum Gasteiger partial charge on any atom is 0.193 e. The minimum Gasteiger partial charge on any atom is -0.356 e. The van der Waals surface area contributed by atoms with Gasteiger partial charge in [0, 0.05) is 52.4 Å². The van der Waals surface area contributed by atoms with Gasteiger partial charge in [-0.25, -0.2) is 0 Å². The summed E-state index contributed by atoms with van der Waals surface area (Å²) in [6.45, 7) is 9.19. The number of halogens is 1. The molecule has 148 valence electrons. The van der Waals surface area contributed by atoms with E-state index >= 15 is 0 Å². The molecule has 0 aliphatic carbocycles. The van der Waals surface area contributed by atoms with Crippen LogP contribution in [-0.2, 0) is 7.05 Å². The fourth-order valence-corrected chi connectivity index (χ4v) is 4.12. The monoisotopic (exact) mass is 474 g/mol. The van der Waals surface area contributed by atoms with Crippen LogP contribution < -0.4 is 5.32 Å². The second kappa shape index (κ2) is 10.5. The molecule has 2 aliphatic rings. The normalized spacial score (nSPS) is 23.0. The molecule has 1 aromatic heterocycles. The SMILES string of the molecule is CN=C(NCC(C)CN1CCCCC1)N1CCC(c2cnn(C)c2)C1.I. The first-order valence-corrected chi connectivity index (χ1v) is 9.82. The Kier molecular flexibility index (Phi) is 8.66. The van der Waals surface area contributed by atoms with Crippen molar-refractivity contribution in [2.75, 3.05) is 46.3 Å². The van der Waals surface area contributed by atoms with Crippen LogP contribution in [0.2, 0.25) is 0 Å². The van der Waals surface area contributed by atoms with Gasteiger partial charge in [-0.1, -0.05) is 13.3 Å². The number of hydrogen-bond acceptors (Lipinski definition) is 3. The Labute approximate surface area is 175 Å². The molecule has 1 aromatic rings. The van der Waals surface area contributed by atoms with E-state index in [0.717, 1.165) is 25.6 Å². The Balaban J connectivity index is 0.00000243. The van der Waals surface area contributed by atoms with Crippen LogP contribution in [0, 0.1) is 5.92 Å². The maximum absolute atomic E-state index is 4.52. The molecule has 0 radical (unpaired) electrons. The molecule has 2 atom stereocenters. The van der Waals surface area contributed by atoms with Crippen LogP contribution in [-0.4, -0.2) is 71.9 Å². The third kappa shape index (κ3) is 5.84. The molecule has 3 heterocycles. The zero-order chi connectivity index (χ0) is 17.6. The number of aryl methyl sites for hydroxylation is 1. The number of piperidine rings is 1. The molecule has 0 amide bonds. The number of rotatable bonds is 5. The zero-order valence-electron chi connectivity index (χ0n) is 16.5. The van der Waals surface area contributed by atoms with Crippen LogP contribution >= 0.6 is 24.0 Å². The third-order valence-corrected chi connectivity index (χ3v) is 5.52. The summed E-state index contributed by atoms with van der Waals surface area (Å²) in [5.41, 5.74) is 1.35. The average Bonchev–Trinajstić information content (AvgIpc) is 3.25. The Bertz CT molecular complexity index is 566. The van der Waals surface area contributed by atoms with Crippen LogP contribution in [0.25, 0.3) is 0 Å². The quantitative estimate of drug-likeness (QED) is 0.405. The van der Waals surface area contributed by atoms with Crippen molar-refractivity contribution in [1.29, 1.82) is 0 Å². The lowest BCUT2D eigenvalue weighted by atomic mass is 10.0. The highest BCUT2D eigenvalue weighted by molar-refractivity contribution is 14.0. The van der Waals surface area contributed by atoms with Gasteiger partial charge >= 0.3 is 0 Å². The Morgan fingerprint density at radius 2 is 2.08 bits per heavy atom. The summed E-state index contributed by atoms with van der Waals surface area (Å²) in [6, 6.07) is 0. The van der Waals surface area contributed by atoms with E-state index in [-0.39, 0.29) is 24.0 Å². The highest BCUT2D eigenvalue weighted by atomic mass is 127. The topological polar surface area (TPSA) is 48.7 Å². The fourth-order valence-electron chi connectivity index (χ4n) is 4.12. The van der Waals surface area contributed by atoms with Crippen molar-refractivity contribution in [3.05, 3.63) is 18.0 Å². The van der Waals surface area contributed by atoms with Gasteiger partial charge in [0.2, 0.25) is 0 Å². The summed E-state index contributed by atoms with van der Waals surface area (Å²) < 4.78 is 1.90. The number of nitrogens with zero attached hydrogens (tertiary/aromatic N) is 5. The van der Waals surface area contributed by atoms with E-state index in [1.807, 2.05) is 25.0 Å². The van der Waals surface area contributed by atoms with Crippen molar-refractivity contribution in [3.63, 3.8) is 0 Å². The van der Waals surface area contributed by atoms with Gasteiger partial charge in [0.15, 0.2) is 5.96 Å². The van der Waals surface area contributed by atoms with Crippen molar-refractivity contribution < 1.29 is 0 Å². The van der Waals surface area contributed by atoms with Gasteiger partial charge in [-0.05, 0) is 43.8 Å². The lowest BCUT2D eigenvalue weighted by Gasteiger charge is -2.30. The Hall–Kier alpha value is -0.830. The molecule has 0 spiro atoms. The first-order chi connectivity index (χ1) is 12.2. The van der Waals surface area contributed by atoms with Gasteiger partial charge < -0.3 is 15.1 Å². The van der Waals surface area contributed by atoms with Crippen molar-refractivity contribution in [1.82, 2.24) is 24.9 Å². The minimum atomic E-state index is 0. The second-order valence-electron chi connectivity index (χ2n) is 7.77.